The van der Waals surface area contributed by atoms with E-state index >= 15 is 0 Å². The topological polar surface area (TPSA) is 66.0 Å². The molecule has 0 amide bonds. The van der Waals surface area contributed by atoms with Crippen molar-refractivity contribution in [1.82, 2.24) is 19.5 Å². The zero-order chi connectivity index (χ0) is 18.6. The van der Waals surface area contributed by atoms with E-state index in [2.05, 4.69) is 9.97 Å². The Bertz CT molecular complexity index is 1040. The van der Waals surface area contributed by atoms with Gasteiger partial charge in [-0.2, -0.15) is 0 Å². The number of imidazole rings is 1. The lowest BCUT2D eigenvalue weighted by atomic mass is 10.2. The van der Waals surface area contributed by atoms with Gasteiger partial charge in [0, 0.05) is 18.6 Å². The van der Waals surface area contributed by atoms with Gasteiger partial charge in [-0.05, 0) is 38.1 Å². The largest absolute Gasteiger partial charge is 0.493 e. The predicted octanol–water partition coefficient (Wildman–Crippen LogP) is 4.36. The Kier molecular flexibility index (Phi) is 4.70. The van der Waals surface area contributed by atoms with Gasteiger partial charge in [0.25, 0.3) is 0 Å². The van der Waals surface area contributed by atoms with Crippen molar-refractivity contribution >= 4 is 0 Å². The van der Waals surface area contributed by atoms with Crippen LogP contribution in [0.2, 0.25) is 0 Å². The first-order chi connectivity index (χ1) is 13.3. The van der Waals surface area contributed by atoms with Gasteiger partial charge in [-0.3, -0.25) is 4.98 Å². The van der Waals surface area contributed by atoms with Crippen molar-refractivity contribution in [3.05, 3.63) is 72.5 Å². The molecular formula is C21H20N4O2. The number of rotatable bonds is 6. The van der Waals surface area contributed by atoms with E-state index in [1.54, 1.807) is 12.4 Å². The molecule has 0 atom stereocenters. The minimum atomic E-state index is 0.554. The summed E-state index contributed by atoms with van der Waals surface area (Å²) in [6, 6.07) is 13.6. The molecule has 4 aromatic rings. The van der Waals surface area contributed by atoms with Gasteiger partial charge < -0.3 is 13.7 Å². The summed E-state index contributed by atoms with van der Waals surface area (Å²) in [7, 11) is 0. The molecule has 0 N–H and O–H groups in total. The van der Waals surface area contributed by atoms with Crippen molar-refractivity contribution in [2.24, 2.45) is 0 Å². The van der Waals surface area contributed by atoms with Crippen LogP contribution in [0.5, 0.6) is 5.75 Å². The molecular weight excluding hydrogens is 340 g/mol. The van der Waals surface area contributed by atoms with Crippen molar-refractivity contribution in [2.45, 2.75) is 20.4 Å². The molecule has 0 spiro atoms. The monoisotopic (exact) mass is 360 g/mol. The van der Waals surface area contributed by atoms with Gasteiger partial charge in [0.15, 0.2) is 5.82 Å². The van der Waals surface area contributed by atoms with E-state index in [-0.39, 0.29) is 0 Å². The fourth-order valence-corrected chi connectivity index (χ4v) is 2.94. The van der Waals surface area contributed by atoms with Crippen LogP contribution in [0, 0.1) is 6.92 Å². The number of aromatic nitrogens is 4. The number of para-hydroxylation sites is 1. The Balaban J connectivity index is 1.66. The maximum Gasteiger partial charge on any atom is 0.230 e. The summed E-state index contributed by atoms with van der Waals surface area (Å²) in [5.41, 5.74) is 2.53. The van der Waals surface area contributed by atoms with Gasteiger partial charge in [-0.15, -0.1) is 0 Å². The molecule has 6 nitrogen and oxygen atoms in total. The molecule has 0 aliphatic heterocycles. The molecule has 3 aromatic heterocycles. The Labute approximate surface area is 157 Å². The van der Waals surface area contributed by atoms with E-state index in [1.165, 1.54) is 0 Å². The van der Waals surface area contributed by atoms with Crippen LogP contribution >= 0.6 is 0 Å². The van der Waals surface area contributed by atoms with Gasteiger partial charge in [-0.25, -0.2) is 9.97 Å². The normalized spacial score (nSPS) is 10.9. The molecule has 6 heteroatoms. The van der Waals surface area contributed by atoms with Crippen molar-refractivity contribution in [1.29, 1.82) is 0 Å². The van der Waals surface area contributed by atoms with Crippen LogP contribution < -0.4 is 4.74 Å². The summed E-state index contributed by atoms with van der Waals surface area (Å²) >= 11 is 0. The third-order valence-corrected chi connectivity index (χ3v) is 4.24. The maximum absolute atomic E-state index is 5.94. The predicted molar refractivity (Wildman–Crippen MR) is 102 cm³/mol. The van der Waals surface area contributed by atoms with Gasteiger partial charge >= 0.3 is 0 Å². The van der Waals surface area contributed by atoms with E-state index in [0.29, 0.717) is 19.0 Å². The molecule has 0 saturated carbocycles. The van der Waals surface area contributed by atoms with Crippen molar-refractivity contribution < 1.29 is 9.15 Å². The fourth-order valence-electron chi connectivity index (χ4n) is 2.94. The van der Waals surface area contributed by atoms with Crippen LogP contribution in [-0.2, 0) is 6.54 Å². The molecule has 0 saturated heterocycles. The molecule has 136 valence electrons. The molecule has 0 aliphatic carbocycles. The highest BCUT2D eigenvalue weighted by Crippen LogP contribution is 2.31. The third-order valence-electron chi connectivity index (χ3n) is 4.24. The molecule has 0 bridgehead atoms. The van der Waals surface area contributed by atoms with Crippen LogP contribution in [-0.4, -0.2) is 26.1 Å². The molecule has 3 heterocycles. The highest BCUT2D eigenvalue weighted by molar-refractivity contribution is 5.63. The third kappa shape index (κ3) is 3.46. The second-order valence-corrected chi connectivity index (χ2v) is 6.04. The smallest absolute Gasteiger partial charge is 0.230 e. The number of ether oxygens (including phenoxy) is 1. The van der Waals surface area contributed by atoms with Crippen LogP contribution in [0.3, 0.4) is 0 Å². The first-order valence-corrected chi connectivity index (χ1v) is 8.87. The van der Waals surface area contributed by atoms with E-state index in [1.807, 2.05) is 67.1 Å². The first kappa shape index (κ1) is 17.0. The highest BCUT2D eigenvalue weighted by atomic mass is 16.5. The molecule has 1 aromatic carbocycles. The lowest BCUT2D eigenvalue weighted by Gasteiger charge is -2.06. The van der Waals surface area contributed by atoms with Gasteiger partial charge in [0.2, 0.25) is 5.89 Å². The second kappa shape index (κ2) is 7.45. The standard InChI is InChI=1S/C21H20N4O2/c1-3-26-19-10-5-4-8-16(19)21-24-18(15(2)27-21)14-25-13-12-23-20(25)17-9-6-7-11-22-17/h4-13H,3,14H2,1-2H3. The average Bonchev–Trinajstić information content (AvgIpc) is 3.30. The maximum atomic E-state index is 5.94. The first-order valence-electron chi connectivity index (χ1n) is 8.87. The minimum Gasteiger partial charge on any atom is -0.493 e. The van der Waals surface area contributed by atoms with Crippen LogP contribution in [0.4, 0.5) is 0 Å². The van der Waals surface area contributed by atoms with E-state index < -0.39 is 0 Å². The Morgan fingerprint density at radius 2 is 1.89 bits per heavy atom. The number of hydrogen-bond donors (Lipinski definition) is 0. The summed E-state index contributed by atoms with van der Waals surface area (Å²) < 4.78 is 13.7. The zero-order valence-electron chi connectivity index (χ0n) is 15.3. The highest BCUT2D eigenvalue weighted by Gasteiger charge is 2.17. The minimum absolute atomic E-state index is 0.554. The average molecular weight is 360 g/mol. The van der Waals surface area contributed by atoms with Crippen LogP contribution in [0.1, 0.15) is 18.4 Å². The quantitative estimate of drug-likeness (QED) is 0.511. The molecule has 4 rings (SSSR count). The SMILES string of the molecule is CCOc1ccccc1-c1nc(Cn2ccnc2-c2ccccn2)c(C)o1. The number of pyridine rings is 1. The fraction of sp³-hybridized carbons (Fsp3) is 0.190. The summed E-state index contributed by atoms with van der Waals surface area (Å²) in [5, 5.41) is 0. The van der Waals surface area contributed by atoms with Gasteiger partial charge in [-0.1, -0.05) is 18.2 Å². The lowest BCUT2D eigenvalue weighted by molar-refractivity contribution is 0.340. The number of hydrogen-bond acceptors (Lipinski definition) is 5. The Morgan fingerprint density at radius 3 is 2.70 bits per heavy atom. The van der Waals surface area contributed by atoms with Gasteiger partial charge in [0.1, 0.15) is 22.9 Å². The number of aryl methyl sites for hydroxylation is 1. The number of oxazole rings is 1. The molecule has 0 aliphatic rings. The van der Waals surface area contributed by atoms with Crippen molar-refractivity contribution in [2.75, 3.05) is 6.61 Å². The van der Waals surface area contributed by atoms with Gasteiger partial charge in [0.05, 0.1) is 18.7 Å². The van der Waals surface area contributed by atoms with Crippen molar-refractivity contribution in [3.8, 4) is 28.7 Å². The lowest BCUT2D eigenvalue weighted by Crippen LogP contribution is -2.03. The summed E-state index contributed by atoms with van der Waals surface area (Å²) in [6.45, 7) is 5.03. The van der Waals surface area contributed by atoms with Crippen molar-refractivity contribution in [3.63, 3.8) is 0 Å². The number of benzene rings is 1. The molecule has 0 fully saturated rings. The summed E-state index contributed by atoms with van der Waals surface area (Å²) in [4.78, 5) is 13.5. The van der Waals surface area contributed by atoms with E-state index in [0.717, 1.165) is 34.3 Å². The second-order valence-electron chi connectivity index (χ2n) is 6.04. The van der Waals surface area contributed by atoms with E-state index in [9.17, 15) is 0 Å². The molecule has 0 radical (unpaired) electrons. The molecule has 0 unspecified atom stereocenters. The number of nitrogens with zero attached hydrogens (tertiary/aromatic N) is 4. The summed E-state index contributed by atoms with van der Waals surface area (Å²) in [6.07, 6.45) is 5.45. The Morgan fingerprint density at radius 1 is 1.04 bits per heavy atom. The zero-order valence-corrected chi connectivity index (χ0v) is 15.3. The Hall–Kier alpha value is -3.41. The summed E-state index contributed by atoms with van der Waals surface area (Å²) in [5.74, 6) is 2.90. The van der Waals surface area contributed by atoms with E-state index in [4.69, 9.17) is 14.1 Å². The van der Waals surface area contributed by atoms with Crippen LogP contribution in [0.25, 0.3) is 23.0 Å². The molecule has 27 heavy (non-hydrogen) atoms. The van der Waals surface area contributed by atoms with Crippen LogP contribution in [0.15, 0.2) is 65.5 Å².